The zero-order valence-corrected chi connectivity index (χ0v) is 20.5. The first-order valence-corrected chi connectivity index (χ1v) is 9.53. The van der Waals surface area contributed by atoms with Crippen LogP contribution < -0.4 is 24.3 Å². The van der Waals surface area contributed by atoms with Crippen molar-refractivity contribution < 1.29 is 18.9 Å². The zero-order valence-electron chi connectivity index (χ0n) is 18.2. The molecule has 0 saturated carbocycles. The Morgan fingerprint density at radius 1 is 0.900 bits per heavy atom. The van der Waals surface area contributed by atoms with Gasteiger partial charge in [0, 0.05) is 26.7 Å². The van der Waals surface area contributed by atoms with E-state index in [4.69, 9.17) is 18.9 Å². The number of methoxy groups -OCH3 is 4. The first kappa shape index (κ1) is 23.9. The lowest BCUT2D eigenvalue weighted by Crippen LogP contribution is -2.43. The quantitative estimate of drug-likeness (QED) is 0.353. The molecule has 2 aromatic carbocycles. The molecule has 0 saturated heterocycles. The van der Waals surface area contributed by atoms with Crippen LogP contribution in [-0.4, -0.2) is 52.9 Å². The topological polar surface area (TPSA) is 64.6 Å². The summed E-state index contributed by atoms with van der Waals surface area (Å²) in [7, 11) is 8.41. The van der Waals surface area contributed by atoms with Gasteiger partial charge in [-0.2, -0.15) is 0 Å². The van der Waals surface area contributed by atoms with Crippen molar-refractivity contribution in [3.63, 3.8) is 0 Å². The minimum absolute atomic E-state index is 0. The molecule has 0 bridgehead atoms. The molecular weight excluding hydrogens is 497 g/mol. The van der Waals surface area contributed by atoms with Crippen LogP contribution in [0, 0.1) is 0 Å². The van der Waals surface area contributed by atoms with Crippen LogP contribution in [0.3, 0.4) is 0 Å². The van der Waals surface area contributed by atoms with Crippen molar-refractivity contribution in [1.82, 2.24) is 10.2 Å². The summed E-state index contributed by atoms with van der Waals surface area (Å²) >= 11 is 0. The molecule has 0 atom stereocenters. The van der Waals surface area contributed by atoms with Crippen LogP contribution in [0.2, 0.25) is 0 Å². The van der Waals surface area contributed by atoms with E-state index in [-0.39, 0.29) is 24.0 Å². The van der Waals surface area contributed by atoms with Gasteiger partial charge in [-0.15, -0.1) is 24.0 Å². The summed E-state index contributed by atoms with van der Waals surface area (Å²) in [6.45, 7) is 2.29. The van der Waals surface area contributed by atoms with Crippen molar-refractivity contribution in [2.24, 2.45) is 4.99 Å². The standard InChI is InChI=1S/C22H29N3O4.HI/c1-23-22(24-13-15-6-7-18(26-2)19(10-15)27-3)25-9-8-16-11-20(28-4)21(29-5)12-17(16)14-25;/h6-7,10-12H,8-9,13-14H2,1-5H3,(H,23,24);1H. The molecule has 3 rings (SSSR count). The van der Waals surface area contributed by atoms with Crippen molar-refractivity contribution in [3.8, 4) is 23.0 Å². The van der Waals surface area contributed by atoms with Crippen LogP contribution >= 0.6 is 24.0 Å². The van der Waals surface area contributed by atoms with E-state index < -0.39 is 0 Å². The molecular formula is C22H30IN3O4. The molecule has 1 aliphatic heterocycles. The Labute approximate surface area is 195 Å². The van der Waals surface area contributed by atoms with E-state index in [2.05, 4.69) is 27.3 Å². The first-order chi connectivity index (χ1) is 14.1. The summed E-state index contributed by atoms with van der Waals surface area (Å²) < 4.78 is 21.6. The molecule has 7 nitrogen and oxygen atoms in total. The number of halogens is 1. The summed E-state index contributed by atoms with van der Waals surface area (Å²) in [5.74, 6) is 3.82. The molecule has 0 amide bonds. The Morgan fingerprint density at radius 3 is 2.10 bits per heavy atom. The van der Waals surface area contributed by atoms with Gasteiger partial charge in [0.05, 0.1) is 28.4 Å². The maximum atomic E-state index is 5.46. The first-order valence-electron chi connectivity index (χ1n) is 9.53. The van der Waals surface area contributed by atoms with E-state index in [9.17, 15) is 0 Å². The van der Waals surface area contributed by atoms with Crippen LogP contribution in [0.4, 0.5) is 0 Å². The molecule has 0 aromatic heterocycles. The number of nitrogens with zero attached hydrogens (tertiary/aromatic N) is 2. The number of rotatable bonds is 6. The van der Waals surface area contributed by atoms with E-state index in [1.807, 2.05) is 18.2 Å². The molecule has 1 aliphatic rings. The second kappa shape index (κ2) is 11.1. The molecule has 30 heavy (non-hydrogen) atoms. The number of guanidine groups is 1. The summed E-state index contributed by atoms with van der Waals surface area (Å²) in [6.07, 6.45) is 0.923. The number of nitrogens with one attached hydrogen (secondary N) is 1. The van der Waals surface area contributed by atoms with Crippen molar-refractivity contribution >= 4 is 29.9 Å². The third-order valence-corrected chi connectivity index (χ3v) is 5.13. The average molecular weight is 527 g/mol. The van der Waals surface area contributed by atoms with Crippen LogP contribution in [0.15, 0.2) is 35.3 Å². The number of aliphatic imine (C=N–C) groups is 1. The molecule has 164 valence electrons. The summed E-state index contributed by atoms with van der Waals surface area (Å²) in [5, 5.41) is 3.45. The minimum atomic E-state index is 0. The highest BCUT2D eigenvalue weighted by Gasteiger charge is 2.21. The van der Waals surface area contributed by atoms with Crippen LogP contribution in [-0.2, 0) is 19.5 Å². The highest BCUT2D eigenvalue weighted by molar-refractivity contribution is 14.0. The molecule has 0 radical (unpaired) electrons. The SMILES string of the molecule is CN=C(NCc1ccc(OC)c(OC)c1)N1CCc2cc(OC)c(OC)cc2C1.I. The predicted molar refractivity (Wildman–Crippen MR) is 129 cm³/mol. The van der Waals surface area contributed by atoms with E-state index in [1.54, 1.807) is 35.5 Å². The van der Waals surface area contributed by atoms with Gasteiger partial charge in [0.1, 0.15) is 0 Å². The number of benzene rings is 2. The molecule has 2 aromatic rings. The minimum Gasteiger partial charge on any atom is -0.493 e. The van der Waals surface area contributed by atoms with Gasteiger partial charge in [-0.3, -0.25) is 4.99 Å². The third kappa shape index (κ3) is 5.21. The summed E-state index contributed by atoms with van der Waals surface area (Å²) in [6, 6.07) is 10.0. The Morgan fingerprint density at radius 2 is 1.50 bits per heavy atom. The summed E-state index contributed by atoms with van der Waals surface area (Å²) in [5.41, 5.74) is 3.60. The zero-order chi connectivity index (χ0) is 20.8. The van der Waals surface area contributed by atoms with Crippen molar-refractivity contribution in [2.75, 3.05) is 42.0 Å². The van der Waals surface area contributed by atoms with Gasteiger partial charge >= 0.3 is 0 Å². The fraction of sp³-hybridized carbons (Fsp3) is 0.409. The monoisotopic (exact) mass is 527 g/mol. The molecule has 0 fully saturated rings. The predicted octanol–water partition coefficient (Wildman–Crippen LogP) is 3.47. The van der Waals surface area contributed by atoms with E-state index in [1.165, 1.54) is 11.1 Å². The van der Waals surface area contributed by atoms with Gasteiger partial charge in [0.15, 0.2) is 29.0 Å². The normalized spacial score (nSPS) is 13.1. The summed E-state index contributed by atoms with van der Waals surface area (Å²) in [4.78, 5) is 6.72. The van der Waals surface area contributed by atoms with Crippen LogP contribution in [0.1, 0.15) is 16.7 Å². The van der Waals surface area contributed by atoms with E-state index in [0.29, 0.717) is 6.54 Å². The maximum Gasteiger partial charge on any atom is 0.194 e. The highest BCUT2D eigenvalue weighted by Crippen LogP contribution is 2.33. The lowest BCUT2D eigenvalue weighted by atomic mass is 9.99. The molecule has 8 heteroatoms. The maximum absolute atomic E-state index is 5.46. The van der Waals surface area contributed by atoms with Crippen LogP contribution in [0.5, 0.6) is 23.0 Å². The third-order valence-electron chi connectivity index (χ3n) is 5.13. The average Bonchev–Trinajstić information content (AvgIpc) is 2.78. The Kier molecular flexibility index (Phi) is 8.88. The molecule has 0 unspecified atom stereocenters. The number of ether oxygens (including phenoxy) is 4. The van der Waals surface area contributed by atoms with E-state index in [0.717, 1.165) is 54.0 Å². The van der Waals surface area contributed by atoms with Gasteiger partial charge in [0.25, 0.3) is 0 Å². The van der Waals surface area contributed by atoms with Crippen molar-refractivity contribution in [2.45, 2.75) is 19.5 Å². The Hall–Kier alpha value is -2.36. The van der Waals surface area contributed by atoms with Gasteiger partial charge in [-0.05, 0) is 47.4 Å². The number of hydrogen-bond donors (Lipinski definition) is 1. The van der Waals surface area contributed by atoms with E-state index >= 15 is 0 Å². The van der Waals surface area contributed by atoms with Gasteiger partial charge in [0.2, 0.25) is 0 Å². The fourth-order valence-electron chi connectivity index (χ4n) is 3.57. The van der Waals surface area contributed by atoms with Crippen molar-refractivity contribution in [1.29, 1.82) is 0 Å². The number of fused-ring (bicyclic) bond motifs is 1. The molecule has 0 spiro atoms. The largest absolute Gasteiger partial charge is 0.493 e. The fourth-order valence-corrected chi connectivity index (χ4v) is 3.57. The smallest absolute Gasteiger partial charge is 0.194 e. The van der Waals surface area contributed by atoms with Crippen LogP contribution in [0.25, 0.3) is 0 Å². The number of hydrogen-bond acceptors (Lipinski definition) is 5. The van der Waals surface area contributed by atoms with Gasteiger partial charge < -0.3 is 29.2 Å². The lowest BCUT2D eigenvalue weighted by Gasteiger charge is -2.32. The Bertz CT molecular complexity index is 889. The lowest BCUT2D eigenvalue weighted by molar-refractivity contribution is 0.345. The second-order valence-corrected chi connectivity index (χ2v) is 6.74. The molecule has 1 N–H and O–H groups in total. The second-order valence-electron chi connectivity index (χ2n) is 6.74. The van der Waals surface area contributed by atoms with Crippen molar-refractivity contribution in [3.05, 3.63) is 47.0 Å². The Balaban J connectivity index is 0.00000320. The highest BCUT2D eigenvalue weighted by atomic mass is 127. The molecule has 1 heterocycles. The van der Waals surface area contributed by atoms with Gasteiger partial charge in [-0.1, -0.05) is 6.07 Å². The molecule has 0 aliphatic carbocycles. The van der Waals surface area contributed by atoms with Gasteiger partial charge in [-0.25, -0.2) is 0 Å².